The summed E-state index contributed by atoms with van der Waals surface area (Å²) < 4.78 is 38.3. The molecule has 0 aliphatic rings. The Morgan fingerprint density at radius 2 is 2.05 bits per heavy atom. The van der Waals surface area contributed by atoms with Gasteiger partial charge in [-0.05, 0) is 20.0 Å². The van der Waals surface area contributed by atoms with Gasteiger partial charge in [0.25, 0.3) is 0 Å². The number of anilines is 1. The molecule has 0 amide bonds. The van der Waals surface area contributed by atoms with Gasteiger partial charge in [0.05, 0.1) is 12.9 Å². The lowest BCUT2D eigenvalue weighted by molar-refractivity contribution is -0.143. The Labute approximate surface area is 113 Å². The van der Waals surface area contributed by atoms with E-state index in [1.54, 1.807) is 10.9 Å². The maximum atomic E-state index is 12.2. The zero-order valence-corrected chi connectivity index (χ0v) is 10.9. The summed E-state index contributed by atoms with van der Waals surface area (Å²) in [5.41, 5.74) is 6.76. The smallest absolute Gasteiger partial charge is 0.382 e. The maximum absolute atomic E-state index is 12.2. The molecule has 0 unspecified atom stereocenters. The molecule has 2 aromatic heterocycles. The first-order valence-corrected chi connectivity index (χ1v) is 6.03. The number of alkyl halides is 3. The second kappa shape index (κ2) is 5.61. The topological polar surface area (TPSA) is 72.9 Å². The van der Waals surface area contributed by atoms with E-state index in [0.717, 1.165) is 0 Å². The van der Waals surface area contributed by atoms with Crippen LogP contribution in [-0.4, -0.2) is 50.7 Å². The van der Waals surface area contributed by atoms with Gasteiger partial charge in [0, 0.05) is 6.54 Å². The lowest BCUT2D eigenvalue weighted by Crippen LogP contribution is -2.32. The van der Waals surface area contributed by atoms with Crippen molar-refractivity contribution in [3.05, 3.63) is 12.7 Å². The molecule has 0 fully saturated rings. The van der Waals surface area contributed by atoms with E-state index in [2.05, 4.69) is 15.0 Å². The molecule has 110 valence electrons. The Balaban J connectivity index is 1.92. The molecule has 20 heavy (non-hydrogen) atoms. The lowest BCUT2D eigenvalue weighted by atomic mass is 10.3. The molecule has 0 saturated heterocycles. The van der Waals surface area contributed by atoms with E-state index in [0.29, 0.717) is 36.5 Å². The van der Waals surface area contributed by atoms with Gasteiger partial charge in [0.2, 0.25) is 0 Å². The van der Waals surface area contributed by atoms with Gasteiger partial charge in [-0.3, -0.25) is 4.90 Å². The summed E-state index contributed by atoms with van der Waals surface area (Å²) >= 11 is 0. The molecule has 9 heteroatoms. The fraction of sp³-hybridized carbons (Fsp3) is 0.545. The highest BCUT2D eigenvalue weighted by atomic mass is 19.4. The van der Waals surface area contributed by atoms with Crippen LogP contribution in [0.25, 0.3) is 11.2 Å². The summed E-state index contributed by atoms with van der Waals surface area (Å²) in [5, 5.41) is 0. The number of nitrogens with two attached hydrogens (primary N) is 1. The second-order valence-corrected chi connectivity index (χ2v) is 4.58. The zero-order chi connectivity index (χ0) is 14.8. The van der Waals surface area contributed by atoms with Gasteiger partial charge in [0.15, 0.2) is 11.5 Å². The molecular formula is C11H15F3N6. The van der Waals surface area contributed by atoms with E-state index in [4.69, 9.17) is 5.73 Å². The third-order valence-electron chi connectivity index (χ3n) is 2.82. The van der Waals surface area contributed by atoms with Crippen LogP contribution < -0.4 is 5.73 Å². The van der Waals surface area contributed by atoms with E-state index < -0.39 is 12.7 Å². The van der Waals surface area contributed by atoms with Crippen molar-refractivity contribution in [3.63, 3.8) is 0 Å². The average Bonchev–Trinajstić information content (AvgIpc) is 2.72. The first-order valence-electron chi connectivity index (χ1n) is 6.03. The highest BCUT2D eigenvalue weighted by molar-refractivity contribution is 5.80. The van der Waals surface area contributed by atoms with Crippen molar-refractivity contribution in [2.45, 2.75) is 19.1 Å². The monoisotopic (exact) mass is 288 g/mol. The minimum Gasteiger partial charge on any atom is -0.382 e. The number of aromatic nitrogens is 4. The summed E-state index contributed by atoms with van der Waals surface area (Å²) in [6, 6.07) is 0. The number of nitrogens with zero attached hydrogens (tertiary/aromatic N) is 5. The van der Waals surface area contributed by atoms with Crippen molar-refractivity contribution >= 4 is 17.0 Å². The lowest BCUT2D eigenvalue weighted by Gasteiger charge is -2.18. The minimum atomic E-state index is -4.17. The first-order chi connectivity index (χ1) is 9.37. The number of hydrogen-bond acceptors (Lipinski definition) is 5. The molecule has 2 aromatic rings. The molecule has 0 radical (unpaired) electrons. The molecule has 2 N–H and O–H groups in total. The van der Waals surface area contributed by atoms with Crippen LogP contribution in [0.2, 0.25) is 0 Å². The molecule has 0 saturated carbocycles. The average molecular weight is 288 g/mol. The van der Waals surface area contributed by atoms with Crippen molar-refractivity contribution in [2.75, 3.05) is 25.9 Å². The van der Waals surface area contributed by atoms with Gasteiger partial charge in [-0.2, -0.15) is 13.2 Å². The van der Waals surface area contributed by atoms with Crippen molar-refractivity contribution in [3.8, 4) is 0 Å². The molecular weight excluding hydrogens is 273 g/mol. The number of aryl methyl sites for hydroxylation is 1. The molecule has 6 nitrogen and oxygen atoms in total. The number of fused-ring (bicyclic) bond motifs is 1. The summed E-state index contributed by atoms with van der Waals surface area (Å²) in [6.07, 6.45) is -0.703. The van der Waals surface area contributed by atoms with Crippen LogP contribution in [0.5, 0.6) is 0 Å². The minimum absolute atomic E-state index is 0.294. The Morgan fingerprint density at radius 1 is 1.30 bits per heavy atom. The van der Waals surface area contributed by atoms with Crippen molar-refractivity contribution in [1.29, 1.82) is 0 Å². The first kappa shape index (κ1) is 14.5. The van der Waals surface area contributed by atoms with E-state index in [1.165, 1.54) is 18.3 Å². The molecule has 0 aromatic carbocycles. The highest BCUT2D eigenvalue weighted by Gasteiger charge is 2.28. The van der Waals surface area contributed by atoms with Crippen LogP contribution in [-0.2, 0) is 6.54 Å². The summed E-state index contributed by atoms with van der Waals surface area (Å²) in [4.78, 5) is 13.2. The number of imidazole rings is 1. The fourth-order valence-corrected chi connectivity index (χ4v) is 1.96. The van der Waals surface area contributed by atoms with Crippen LogP contribution in [0.15, 0.2) is 12.7 Å². The molecule has 0 aliphatic heterocycles. The standard InChI is InChI=1S/C11H15F3N6/c1-19(5-11(12,13)14)3-2-4-20-7-18-8-9(15)16-6-17-10(8)20/h6-7H,2-5H2,1H3,(H2,15,16,17). The van der Waals surface area contributed by atoms with Gasteiger partial charge >= 0.3 is 6.18 Å². The quantitative estimate of drug-likeness (QED) is 0.897. The second-order valence-electron chi connectivity index (χ2n) is 4.58. The molecule has 0 atom stereocenters. The van der Waals surface area contributed by atoms with Crippen LogP contribution in [0.3, 0.4) is 0 Å². The number of halogens is 3. The SMILES string of the molecule is CN(CCCn1cnc2c(N)ncnc21)CC(F)(F)F. The van der Waals surface area contributed by atoms with Gasteiger partial charge in [0.1, 0.15) is 11.8 Å². The Kier molecular flexibility index (Phi) is 4.07. The normalized spacial score (nSPS) is 12.4. The molecule has 2 heterocycles. The summed E-state index contributed by atoms with van der Waals surface area (Å²) in [6.45, 7) is -0.0539. The largest absolute Gasteiger partial charge is 0.401 e. The Hall–Kier alpha value is -1.90. The third kappa shape index (κ3) is 3.56. The van der Waals surface area contributed by atoms with Crippen molar-refractivity contribution < 1.29 is 13.2 Å². The van der Waals surface area contributed by atoms with E-state index in [1.807, 2.05) is 0 Å². The fourth-order valence-electron chi connectivity index (χ4n) is 1.96. The van der Waals surface area contributed by atoms with Gasteiger partial charge in [-0.1, -0.05) is 0 Å². The zero-order valence-electron chi connectivity index (χ0n) is 10.9. The van der Waals surface area contributed by atoms with E-state index >= 15 is 0 Å². The van der Waals surface area contributed by atoms with E-state index in [-0.39, 0.29) is 0 Å². The van der Waals surface area contributed by atoms with Gasteiger partial charge in [-0.15, -0.1) is 0 Å². The number of rotatable bonds is 5. The van der Waals surface area contributed by atoms with Crippen LogP contribution >= 0.6 is 0 Å². The number of nitrogen functional groups attached to an aromatic ring is 1. The predicted octanol–water partition coefficient (Wildman–Crippen LogP) is 1.29. The molecule has 0 bridgehead atoms. The maximum Gasteiger partial charge on any atom is 0.401 e. The Morgan fingerprint density at radius 3 is 2.75 bits per heavy atom. The van der Waals surface area contributed by atoms with Crippen molar-refractivity contribution in [1.82, 2.24) is 24.4 Å². The molecule has 0 spiro atoms. The molecule has 2 rings (SSSR count). The van der Waals surface area contributed by atoms with Gasteiger partial charge in [-0.25, -0.2) is 15.0 Å². The Bertz CT molecular complexity index is 579. The summed E-state index contributed by atoms with van der Waals surface area (Å²) in [5.74, 6) is 0.294. The summed E-state index contributed by atoms with van der Waals surface area (Å²) in [7, 11) is 1.44. The van der Waals surface area contributed by atoms with Gasteiger partial charge < -0.3 is 10.3 Å². The van der Waals surface area contributed by atoms with Crippen LogP contribution in [0.1, 0.15) is 6.42 Å². The molecule has 0 aliphatic carbocycles. The predicted molar refractivity (Wildman–Crippen MR) is 67.9 cm³/mol. The van der Waals surface area contributed by atoms with E-state index in [9.17, 15) is 13.2 Å². The third-order valence-corrected chi connectivity index (χ3v) is 2.82. The van der Waals surface area contributed by atoms with Crippen LogP contribution in [0.4, 0.5) is 19.0 Å². The van der Waals surface area contributed by atoms with Crippen molar-refractivity contribution in [2.24, 2.45) is 0 Å². The van der Waals surface area contributed by atoms with Crippen LogP contribution in [0, 0.1) is 0 Å². The number of hydrogen-bond donors (Lipinski definition) is 1. The highest BCUT2D eigenvalue weighted by Crippen LogP contribution is 2.16.